The molecule has 0 aromatic carbocycles. The molecular formula is C11H16ClF3N4O2. The third-order valence-corrected chi connectivity index (χ3v) is 3.24. The molecule has 21 heavy (non-hydrogen) atoms. The van der Waals surface area contributed by atoms with Gasteiger partial charge in [-0.3, -0.25) is 4.68 Å². The Morgan fingerprint density at radius 2 is 2.05 bits per heavy atom. The van der Waals surface area contributed by atoms with Crippen LogP contribution < -0.4 is 10.6 Å². The molecule has 1 aromatic rings. The molecule has 0 saturated carbocycles. The van der Waals surface area contributed by atoms with Crippen molar-refractivity contribution in [3.63, 3.8) is 0 Å². The Morgan fingerprint density at radius 1 is 1.48 bits per heavy atom. The first-order valence-electron chi connectivity index (χ1n) is 6.06. The molecule has 0 unspecified atom stereocenters. The number of carbonyl (C=O) groups excluding carboxylic acids is 1. The molecule has 0 aliphatic carbocycles. The molecule has 10 heteroatoms. The number of hydrogen-bond acceptors (Lipinski definition) is 3. The monoisotopic (exact) mass is 328 g/mol. The van der Waals surface area contributed by atoms with Crippen LogP contribution in [0.4, 0.5) is 23.7 Å². The summed E-state index contributed by atoms with van der Waals surface area (Å²) in [5, 5.41) is 16.4. The second-order valence-corrected chi connectivity index (χ2v) is 5.13. The minimum Gasteiger partial charge on any atom is -0.394 e. The molecule has 3 N–H and O–H groups in total. The van der Waals surface area contributed by atoms with E-state index in [0.717, 1.165) is 4.68 Å². The lowest BCUT2D eigenvalue weighted by atomic mass is 10.1. The molecule has 1 aromatic heterocycles. The molecule has 0 saturated heterocycles. The molecule has 0 spiro atoms. The van der Waals surface area contributed by atoms with Crippen molar-refractivity contribution in [3.05, 3.63) is 10.8 Å². The number of alkyl halides is 3. The van der Waals surface area contributed by atoms with E-state index in [-0.39, 0.29) is 17.7 Å². The normalized spacial score (nSPS) is 13.4. The second kappa shape index (κ2) is 6.52. The Morgan fingerprint density at radius 3 is 2.48 bits per heavy atom. The fraction of sp³-hybridized carbons (Fsp3) is 0.636. The topological polar surface area (TPSA) is 79.2 Å². The first-order chi connectivity index (χ1) is 9.57. The first-order valence-corrected chi connectivity index (χ1v) is 6.43. The molecule has 0 radical (unpaired) electrons. The number of nitrogens with zero attached hydrogens (tertiary/aromatic N) is 2. The number of aliphatic hydroxyl groups is 1. The van der Waals surface area contributed by atoms with Crippen molar-refractivity contribution < 1.29 is 23.1 Å². The highest BCUT2D eigenvalue weighted by Crippen LogP contribution is 2.37. The van der Waals surface area contributed by atoms with Gasteiger partial charge in [0.2, 0.25) is 0 Å². The van der Waals surface area contributed by atoms with Crippen LogP contribution in [-0.2, 0) is 13.2 Å². The smallest absolute Gasteiger partial charge is 0.394 e. The molecule has 0 bridgehead atoms. The summed E-state index contributed by atoms with van der Waals surface area (Å²) in [6, 6.07) is -1.49. The number of hydrogen-bond donors (Lipinski definition) is 3. The van der Waals surface area contributed by atoms with Gasteiger partial charge in [0, 0.05) is 7.05 Å². The molecule has 0 fully saturated rings. The average molecular weight is 329 g/mol. The lowest BCUT2D eigenvalue weighted by Gasteiger charge is -2.20. The van der Waals surface area contributed by atoms with Gasteiger partial charge in [-0.25, -0.2) is 4.79 Å². The third-order valence-electron chi connectivity index (χ3n) is 2.80. The number of aromatic nitrogens is 2. The number of aliphatic hydroxyl groups excluding tert-OH is 1. The lowest BCUT2D eigenvalue weighted by Crippen LogP contribution is -2.43. The van der Waals surface area contributed by atoms with E-state index in [9.17, 15) is 18.0 Å². The Balaban J connectivity index is 2.95. The fourth-order valence-corrected chi connectivity index (χ4v) is 1.73. The number of aryl methyl sites for hydroxylation is 1. The maximum atomic E-state index is 12.8. The highest BCUT2D eigenvalue weighted by Gasteiger charge is 2.39. The number of nitrogens with one attached hydrogen (secondary N) is 2. The van der Waals surface area contributed by atoms with Crippen LogP contribution in [0, 0.1) is 5.92 Å². The van der Waals surface area contributed by atoms with Crippen LogP contribution in [0.25, 0.3) is 0 Å². The number of urea groups is 1. The van der Waals surface area contributed by atoms with Crippen LogP contribution in [0.15, 0.2) is 0 Å². The highest BCUT2D eigenvalue weighted by atomic mass is 35.5. The standard InChI is InChI=1S/C11H16ClF3N4O2/c1-5(2)6(4-20)16-10(21)17-7-8(11(13,14)15)18-19(3)9(7)12/h5-6,20H,4H2,1-3H3,(H2,16,17,21)/t6-/m1/s1. The predicted molar refractivity (Wildman–Crippen MR) is 71.1 cm³/mol. The summed E-state index contributed by atoms with van der Waals surface area (Å²) < 4.78 is 39.2. The van der Waals surface area contributed by atoms with Gasteiger partial charge >= 0.3 is 12.2 Å². The minimum atomic E-state index is -4.75. The van der Waals surface area contributed by atoms with Gasteiger partial charge in [0.1, 0.15) is 5.69 Å². The molecule has 1 atom stereocenters. The maximum absolute atomic E-state index is 12.8. The van der Waals surface area contributed by atoms with E-state index in [4.69, 9.17) is 16.7 Å². The van der Waals surface area contributed by atoms with Crippen LogP contribution in [-0.4, -0.2) is 33.6 Å². The molecule has 2 amide bonds. The average Bonchev–Trinajstić information content (AvgIpc) is 2.63. The number of anilines is 1. The van der Waals surface area contributed by atoms with Gasteiger partial charge in [-0.1, -0.05) is 25.4 Å². The SMILES string of the molecule is CC(C)[C@@H](CO)NC(=O)Nc1c(C(F)(F)F)nn(C)c1Cl. The summed E-state index contributed by atoms with van der Waals surface area (Å²) in [5.41, 5.74) is -1.90. The zero-order valence-corrected chi connectivity index (χ0v) is 12.4. The predicted octanol–water partition coefficient (Wildman–Crippen LogP) is 2.23. The number of amides is 2. The van der Waals surface area contributed by atoms with Gasteiger partial charge in [-0.05, 0) is 5.92 Å². The lowest BCUT2D eigenvalue weighted by molar-refractivity contribution is -0.140. The van der Waals surface area contributed by atoms with Gasteiger partial charge < -0.3 is 15.7 Å². The van der Waals surface area contributed by atoms with Crippen molar-refractivity contribution in [1.82, 2.24) is 15.1 Å². The summed E-state index contributed by atoms with van der Waals surface area (Å²) in [5.74, 6) is -0.0905. The van der Waals surface area contributed by atoms with E-state index in [1.54, 1.807) is 13.8 Å². The summed E-state index contributed by atoms with van der Waals surface area (Å²) in [6.45, 7) is 3.16. The molecule has 6 nitrogen and oxygen atoms in total. The summed E-state index contributed by atoms with van der Waals surface area (Å²) in [4.78, 5) is 11.7. The Bertz CT molecular complexity index is 516. The Hall–Kier alpha value is -1.48. The van der Waals surface area contributed by atoms with Crippen molar-refractivity contribution in [2.75, 3.05) is 11.9 Å². The Kier molecular flexibility index (Phi) is 5.46. The van der Waals surface area contributed by atoms with E-state index in [1.807, 2.05) is 5.32 Å². The fourth-order valence-electron chi connectivity index (χ4n) is 1.55. The van der Waals surface area contributed by atoms with E-state index >= 15 is 0 Å². The van der Waals surface area contributed by atoms with E-state index in [1.165, 1.54) is 7.05 Å². The summed E-state index contributed by atoms with van der Waals surface area (Å²) in [6.07, 6.45) is -4.75. The zero-order valence-electron chi connectivity index (χ0n) is 11.6. The number of carbonyl (C=O) groups is 1. The van der Waals surface area contributed by atoms with Crippen molar-refractivity contribution in [3.8, 4) is 0 Å². The van der Waals surface area contributed by atoms with Crippen molar-refractivity contribution in [2.45, 2.75) is 26.1 Å². The first kappa shape index (κ1) is 17.6. The van der Waals surface area contributed by atoms with Crippen LogP contribution in [0.2, 0.25) is 5.15 Å². The molecule has 0 aliphatic heterocycles. The summed E-state index contributed by atoms with van der Waals surface area (Å²) in [7, 11) is 1.23. The van der Waals surface area contributed by atoms with Crippen LogP contribution >= 0.6 is 11.6 Å². The third kappa shape index (κ3) is 4.24. The zero-order chi connectivity index (χ0) is 16.4. The quantitative estimate of drug-likeness (QED) is 0.793. The van der Waals surface area contributed by atoms with E-state index < -0.39 is 29.6 Å². The van der Waals surface area contributed by atoms with Gasteiger partial charge in [-0.15, -0.1) is 0 Å². The Labute approximate surface area is 124 Å². The van der Waals surface area contributed by atoms with Crippen molar-refractivity contribution in [1.29, 1.82) is 0 Å². The van der Waals surface area contributed by atoms with Gasteiger partial charge in [-0.2, -0.15) is 18.3 Å². The molecule has 120 valence electrons. The van der Waals surface area contributed by atoms with Crippen LogP contribution in [0.3, 0.4) is 0 Å². The van der Waals surface area contributed by atoms with Crippen molar-refractivity contribution >= 4 is 23.3 Å². The number of halogens is 4. The van der Waals surface area contributed by atoms with Crippen molar-refractivity contribution in [2.24, 2.45) is 13.0 Å². The summed E-state index contributed by atoms with van der Waals surface area (Å²) >= 11 is 5.71. The number of rotatable bonds is 4. The van der Waals surface area contributed by atoms with Gasteiger partial charge in [0.05, 0.1) is 12.6 Å². The van der Waals surface area contributed by atoms with E-state index in [2.05, 4.69) is 10.4 Å². The van der Waals surface area contributed by atoms with Crippen LogP contribution in [0.5, 0.6) is 0 Å². The largest absolute Gasteiger partial charge is 0.437 e. The minimum absolute atomic E-state index is 0.0905. The molecule has 1 heterocycles. The molecular weight excluding hydrogens is 313 g/mol. The van der Waals surface area contributed by atoms with Crippen LogP contribution in [0.1, 0.15) is 19.5 Å². The second-order valence-electron chi connectivity index (χ2n) is 4.77. The maximum Gasteiger partial charge on any atom is 0.437 e. The molecule has 0 aliphatic rings. The van der Waals surface area contributed by atoms with Gasteiger partial charge in [0.25, 0.3) is 0 Å². The van der Waals surface area contributed by atoms with E-state index in [0.29, 0.717) is 0 Å². The van der Waals surface area contributed by atoms with Gasteiger partial charge in [0.15, 0.2) is 10.8 Å². The highest BCUT2D eigenvalue weighted by molar-refractivity contribution is 6.32. The molecule has 1 rings (SSSR count).